The Morgan fingerprint density at radius 3 is 3.07 bits per heavy atom. The zero-order valence-corrected chi connectivity index (χ0v) is 9.11. The molecule has 1 saturated heterocycles. The summed E-state index contributed by atoms with van der Waals surface area (Å²) in [5, 5.41) is 11.2. The van der Waals surface area contributed by atoms with Gasteiger partial charge in [0.15, 0.2) is 0 Å². The normalized spacial score (nSPS) is 23.1. The Kier molecular flexibility index (Phi) is 3.04. The number of rotatable bonds is 2. The Hall–Kier alpha value is -0.910. The molecule has 1 aromatic rings. The van der Waals surface area contributed by atoms with Gasteiger partial charge in [-0.3, -0.25) is 4.79 Å². The maximum atomic E-state index is 11.9. The molecular formula is C10H14N2O2S. The number of aliphatic hydroxyl groups is 1. The molecule has 15 heavy (non-hydrogen) atoms. The van der Waals surface area contributed by atoms with Crippen molar-refractivity contribution in [2.45, 2.75) is 18.6 Å². The van der Waals surface area contributed by atoms with E-state index in [1.807, 2.05) is 17.5 Å². The predicted molar refractivity (Wildman–Crippen MR) is 58.5 cm³/mol. The number of carbonyl (C=O) groups is 1. The third-order valence-electron chi connectivity index (χ3n) is 2.59. The van der Waals surface area contributed by atoms with Crippen molar-refractivity contribution in [3.05, 3.63) is 22.4 Å². The fourth-order valence-corrected chi connectivity index (χ4v) is 2.45. The molecule has 0 aliphatic carbocycles. The van der Waals surface area contributed by atoms with Crippen LogP contribution in [0.3, 0.4) is 0 Å². The van der Waals surface area contributed by atoms with E-state index in [9.17, 15) is 9.90 Å². The largest absolute Gasteiger partial charge is 0.391 e. The van der Waals surface area contributed by atoms with Crippen LogP contribution in [0.5, 0.6) is 0 Å². The van der Waals surface area contributed by atoms with E-state index >= 15 is 0 Å². The minimum absolute atomic E-state index is 0.0889. The van der Waals surface area contributed by atoms with Gasteiger partial charge in [0.05, 0.1) is 6.10 Å². The average molecular weight is 226 g/mol. The molecular weight excluding hydrogens is 212 g/mol. The quantitative estimate of drug-likeness (QED) is 0.764. The molecule has 82 valence electrons. The van der Waals surface area contributed by atoms with Crippen LogP contribution in [0.15, 0.2) is 17.5 Å². The first-order valence-electron chi connectivity index (χ1n) is 4.94. The minimum Gasteiger partial charge on any atom is -0.391 e. The van der Waals surface area contributed by atoms with E-state index in [4.69, 9.17) is 5.73 Å². The Labute approximate surface area is 92.3 Å². The number of nitrogens with zero attached hydrogens (tertiary/aromatic N) is 1. The summed E-state index contributed by atoms with van der Waals surface area (Å²) in [6.45, 7) is 1.02. The van der Waals surface area contributed by atoms with E-state index in [2.05, 4.69) is 0 Å². The van der Waals surface area contributed by atoms with Crippen LogP contribution < -0.4 is 5.73 Å². The summed E-state index contributed by atoms with van der Waals surface area (Å²) in [7, 11) is 0. The summed E-state index contributed by atoms with van der Waals surface area (Å²) >= 11 is 1.48. The van der Waals surface area contributed by atoms with Gasteiger partial charge in [-0.25, -0.2) is 0 Å². The lowest BCUT2D eigenvalue weighted by molar-refractivity contribution is -0.131. The zero-order valence-electron chi connectivity index (χ0n) is 8.30. The van der Waals surface area contributed by atoms with Crippen molar-refractivity contribution in [2.24, 2.45) is 5.73 Å². The maximum Gasteiger partial charge on any atom is 0.245 e. The summed E-state index contributed by atoms with van der Waals surface area (Å²) in [5.74, 6) is -0.0889. The molecule has 2 atom stereocenters. The van der Waals surface area contributed by atoms with Crippen LogP contribution in [0, 0.1) is 0 Å². The first-order valence-corrected chi connectivity index (χ1v) is 5.82. The minimum atomic E-state index is -0.574. The van der Waals surface area contributed by atoms with Crippen LogP contribution >= 0.6 is 11.3 Å². The van der Waals surface area contributed by atoms with E-state index in [0.29, 0.717) is 19.5 Å². The van der Waals surface area contributed by atoms with Gasteiger partial charge in [-0.2, -0.15) is 0 Å². The highest BCUT2D eigenvalue weighted by molar-refractivity contribution is 7.10. The second kappa shape index (κ2) is 4.30. The van der Waals surface area contributed by atoms with Gasteiger partial charge in [0, 0.05) is 18.0 Å². The summed E-state index contributed by atoms with van der Waals surface area (Å²) in [6, 6.07) is 3.17. The smallest absolute Gasteiger partial charge is 0.245 e. The maximum absolute atomic E-state index is 11.9. The molecule has 0 radical (unpaired) electrons. The molecule has 0 bridgehead atoms. The second-order valence-corrected chi connectivity index (χ2v) is 4.70. The monoisotopic (exact) mass is 226 g/mol. The highest BCUT2D eigenvalue weighted by atomic mass is 32.1. The third-order valence-corrected chi connectivity index (χ3v) is 3.55. The van der Waals surface area contributed by atoms with E-state index in [1.54, 1.807) is 4.90 Å². The SMILES string of the molecule is NC(C(=O)N1CCC(O)C1)c1cccs1. The Morgan fingerprint density at radius 2 is 2.53 bits per heavy atom. The first-order chi connectivity index (χ1) is 7.18. The summed E-state index contributed by atoms with van der Waals surface area (Å²) in [4.78, 5) is 14.4. The molecule has 0 saturated carbocycles. The number of likely N-dealkylation sites (tertiary alicyclic amines) is 1. The van der Waals surface area contributed by atoms with Gasteiger partial charge in [0.1, 0.15) is 6.04 Å². The van der Waals surface area contributed by atoms with Gasteiger partial charge < -0.3 is 15.7 Å². The van der Waals surface area contributed by atoms with Crippen LogP contribution in [-0.4, -0.2) is 35.1 Å². The molecule has 1 fully saturated rings. The highest BCUT2D eigenvalue weighted by Crippen LogP contribution is 2.21. The Bertz CT molecular complexity index is 339. The van der Waals surface area contributed by atoms with Crippen LogP contribution in [-0.2, 0) is 4.79 Å². The highest BCUT2D eigenvalue weighted by Gasteiger charge is 2.29. The summed E-state index contributed by atoms with van der Waals surface area (Å²) < 4.78 is 0. The molecule has 2 rings (SSSR count). The second-order valence-electron chi connectivity index (χ2n) is 3.72. The van der Waals surface area contributed by atoms with Crippen LogP contribution in [0.1, 0.15) is 17.3 Å². The van der Waals surface area contributed by atoms with E-state index < -0.39 is 6.04 Å². The molecule has 0 spiro atoms. The van der Waals surface area contributed by atoms with Crippen LogP contribution in [0.4, 0.5) is 0 Å². The molecule has 1 aliphatic rings. The van der Waals surface area contributed by atoms with Gasteiger partial charge in [0.2, 0.25) is 5.91 Å². The number of nitrogens with two attached hydrogens (primary N) is 1. The fraction of sp³-hybridized carbons (Fsp3) is 0.500. The topological polar surface area (TPSA) is 66.6 Å². The number of amides is 1. The van der Waals surface area contributed by atoms with E-state index in [0.717, 1.165) is 4.88 Å². The zero-order chi connectivity index (χ0) is 10.8. The Morgan fingerprint density at radius 1 is 1.73 bits per heavy atom. The molecule has 1 aromatic heterocycles. The van der Waals surface area contributed by atoms with Crippen molar-refractivity contribution >= 4 is 17.2 Å². The number of thiophene rings is 1. The van der Waals surface area contributed by atoms with Gasteiger partial charge in [-0.1, -0.05) is 6.07 Å². The summed E-state index contributed by atoms with van der Waals surface area (Å²) in [6.07, 6.45) is 0.271. The van der Waals surface area contributed by atoms with E-state index in [1.165, 1.54) is 11.3 Å². The lowest BCUT2D eigenvalue weighted by atomic mass is 10.2. The Balaban J connectivity index is 2.02. The molecule has 2 unspecified atom stereocenters. The average Bonchev–Trinajstić information content (AvgIpc) is 2.85. The number of aliphatic hydroxyl groups excluding tert-OH is 1. The standard InChI is InChI=1S/C10H14N2O2S/c11-9(8-2-1-5-15-8)10(14)12-4-3-7(13)6-12/h1-2,5,7,9,13H,3-4,6,11H2. The first kappa shape index (κ1) is 10.6. The molecule has 3 N–H and O–H groups in total. The number of hydrogen-bond donors (Lipinski definition) is 2. The van der Waals surface area contributed by atoms with Crippen molar-refractivity contribution in [3.8, 4) is 0 Å². The lowest BCUT2D eigenvalue weighted by Crippen LogP contribution is -2.37. The number of carbonyl (C=O) groups excluding carboxylic acids is 1. The number of hydrogen-bond acceptors (Lipinski definition) is 4. The predicted octanol–water partition coefficient (Wildman–Crippen LogP) is 0.341. The van der Waals surface area contributed by atoms with Crippen molar-refractivity contribution < 1.29 is 9.90 Å². The molecule has 5 heteroatoms. The third kappa shape index (κ3) is 2.19. The van der Waals surface area contributed by atoms with Gasteiger partial charge in [0.25, 0.3) is 0 Å². The van der Waals surface area contributed by atoms with Gasteiger partial charge >= 0.3 is 0 Å². The molecule has 4 nitrogen and oxygen atoms in total. The molecule has 1 aliphatic heterocycles. The van der Waals surface area contributed by atoms with E-state index in [-0.39, 0.29) is 12.0 Å². The van der Waals surface area contributed by atoms with Crippen LogP contribution in [0.25, 0.3) is 0 Å². The molecule has 2 heterocycles. The fourth-order valence-electron chi connectivity index (χ4n) is 1.73. The van der Waals surface area contributed by atoms with Crippen molar-refractivity contribution in [1.29, 1.82) is 0 Å². The van der Waals surface area contributed by atoms with Crippen molar-refractivity contribution in [1.82, 2.24) is 4.90 Å². The van der Waals surface area contributed by atoms with Gasteiger partial charge in [-0.15, -0.1) is 11.3 Å². The van der Waals surface area contributed by atoms with Crippen molar-refractivity contribution in [3.63, 3.8) is 0 Å². The molecule has 1 amide bonds. The van der Waals surface area contributed by atoms with Crippen LogP contribution in [0.2, 0.25) is 0 Å². The summed E-state index contributed by atoms with van der Waals surface area (Å²) in [5.41, 5.74) is 5.85. The number of β-amino-alcohol motifs (C(OH)–C–C–N with tert-alkyl or cyclic N) is 1. The molecule has 0 aromatic carbocycles. The van der Waals surface area contributed by atoms with Gasteiger partial charge in [-0.05, 0) is 17.9 Å². The lowest BCUT2D eigenvalue weighted by Gasteiger charge is -2.19. The van der Waals surface area contributed by atoms with Crippen molar-refractivity contribution in [2.75, 3.05) is 13.1 Å².